The van der Waals surface area contributed by atoms with Crippen LogP contribution in [0, 0.1) is 0 Å². The summed E-state index contributed by atoms with van der Waals surface area (Å²) >= 11 is 5.55. The normalized spacial score (nSPS) is 10.9. The van der Waals surface area contributed by atoms with Crippen LogP contribution in [0.15, 0.2) is 24.3 Å². The van der Waals surface area contributed by atoms with Crippen LogP contribution in [-0.2, 0) is 6.54 Å². The SMILES string of the molecule is ClCCNCc1nc2ccccc2[nH]1. The van der Waals surface area contributed by atoms with E-state index in [-0.39, 0.29) is 0 Å². The van der Waals surface area contributed by atoms with Gasteiger partial charge in [0.15, 0.2) is 0 Å². The number of para-hydroxylation sites is 2. The molecule has 2 aromatic rings. The number of alkyl halides is 1. The van der Waals surface area contributed by atoms with Gasteiger partial charge in [0.1, 0.15) is 5.82 Å². The minimum absolute atomic E-state index is 0.625. The number of rotatable bonds is 4. The number of hydrogen-bond donors (Lipinski definition) is 2. The molecule has 2 N–H and O–H groups in total. The van der Waals surface area contributed by atoms with Crippen LogP contribution in [0.1, 0.15) is 5.82 Å². The Morgan fingerprint density at radius 2 is 2.21 bits per heavy atom. The molecular weight excluding hydrogens is 198 g/mol. The zero-order chi connectivity index (χ0) is 9.80. The molecular formula is C10H12ClN3. The molecule has 14 heavy (non-hydrogen) atoms. The van der Waals surface area contributed by atoms with Crippen molar-refractivity contribution in [3.05, 3.63) is 30.1 Å². The molecule has 2 rings (SSSR count). The number of fused-ring (bicyclic) bond motifs is 1. The van der Waals surface area contributed by atoms with Crippen molar-refractivity contribution >= 4 is 22.6 Å². The minimum atomic E-state index is 0.625. The second kappa shape index (κ2) is 4.44. The summed E-state index contributed by atoms with van der Waals surface area (Å²) in [4.78, 5) is 7.66. The monoisotopic (exact) mass is 209 g/mol. The fourth-order valence-electron chi connectivity index (χ4n) is 1.36. The Hall–Kier alpha value is -1.06. The van der Waals surface area contributed by atoms with Gasteiger partial charge in [0.2, 0.25) is 0 Å². The molecule has 0 spiro atoms. The molecule has 0 aliphatic rings. The first-order chi connectivity index (χ1) is 6.90. The van der Waals surface area contributed by atoms with Crippen molar-refractivity contribution in [2.24, 2.45) is 0 Å². The van der Waals surface area contributed by atoms with Gasteiger partial charge in [-0.3, -0.25) is 0 Å². The van der Waals surface area contributed by atoms with Gasteiger partial charge in [-0.2, -0.15) is 0 Å². The van der Waals surface area contributed by atoms with E-state index in [1.165, 1.54) is 0 Å². The standard InChI is InChI=1S/C10H12ClN3/c11-5-6-12-7-10-13-8-3-1-2-4-9(8)14-10/h1-4,12H,5-7H2,(H,13,14). The summed E-state index contributed by atoms with van der Waals surface area (Å²) in [6.07, 6.45) is 0. The third kappa shape index (κ3) is 2.05. The lowest BCUT2D eigenvalue weighted by atomic mass is 10.3. The summed E-state index contributed by atoms with van der Waals surface area (Å²) in [5.41, 5.74) is 2.09. The molecule has 1 aromatic carbocycles. The Labute approximate surface area is 87.5 Å². The number of nitrogens with zero attached hydrogens (tertiary/aromatic N) is 1. The molecule has 1 aromatic heterocycles. The summed E-state index contributed by atoms with van der Waals surface area (Å²) in [5.74, 6) is 1.58. The molecule has 0 amide bonds. The van der Waals surface area contributed by atoms with E-state index in [1.807, 2.05) is 24.3 Å². The molecule has 74 valence electrons. The first kappa shape index (κ1) is 9.49. The van der Waals surface area contributed by atoms with Crippen molar-refractivity contribution in [2.75, 3.05) is 12.4 Å². The maximum Gasteiger partial charge on any atom is 0.121 e. The first-order valence-corrected chi connectivity index (χ1v) is 5.14. The van der Waals surface area contributed by atoms with Crippen LogP contribution in [0.25, 0.3) is 11.0 Å². The Morgan fingerprint density at radius 3 is 3.00 bits per heavy atom. The van der Waals surface area contributed by atoms with Crippen LogP contribution < -0.4 is 5.32 Å². The number of nitrogens with one attached hydrogen (secondary N) is 2. The zero-order valence-corrected chi connectivity index (χ0v) is 8.51. The van der Waals surface area contributed by atoms with E-state index in [9.17, 15) is 0 Å². The van der Waals surface area contributed by atoms with Crippen molar-refractivity contribution < 1.29 is 0 Å². The molecule has 0 unspecified atom stereocenters. The van der Waals surface area contributed by atoms with Crippen LogP contribution in [0.4, 0.5) is 0 Å². The molecule has 0 aliphatic carbocycles. The van der Waals surface area contributed by atoms with Crippen LogP contribution in [0.3, 0.4) is 0 Å². The Kier molecular flexibility index (Phi) is 3.01. The summed E-state index contributed by atoms with van der Waals surface area (Å²) in [6, 6.07) is 8.00. The number of aromatic amines is 1. The third-order valence-corrected chi connectivity index (χ3v) is 2.19. The Balaban J connectivity index is 2.11. The molecule has 4 heteroatoms. The number of hydrogen-bond acceptors (Lipinski definition) is 2. The van der Waals surface area contributed by atoms with Gasteiger partial charge in [-0.25, -0.2) is 4.98 Å². The van der Waals surface area contributed by atoms with Gasteiger partial charge in [0, 0.05) is 12.4 Å². The first-order valence-electron chi connectivity index (χ1n) is 4.60. The average molecular weight is 210 g/mol. The zero-order valence-electron chi connectivity index (χ0n) is 7.76. The summed E-state index contributed by atoms with van der Waals surface area (Å²) < 4.78 is 0. The van der Waals surface area contributed by atoms with Gasteiger partial charge in [0.05, 0.1) is 17.6 Å². The lowest BCUT2D eigenvalue weighted by Crippen LogP contribution is -2.16. The Bertz CT molecular complexity index is 377. The number of halogens is 1. The van der Waals surface area contributed by atoms with Crippen LogP contribution >= 0.6 is 11.6 Å². The molecule has 0 radical (unpaired) electrons. The van der Waals surface area contributed by atoms with Gasteiger partial charge < -0.3 is 10.3 Å². The second-order valence-corrected chi connectivity index (χ2v) is 3.44. The van der Waals surface area contributed by atoms with Crippen molar-refractivity contribution in [1.29, 1.82) is 0 Å². The lowest BCUT2D eigenvalue weighted by Gasteiger charge is -1.96. The summed E-state index contributed by atoms with van der Waals surface area (Å²) in [5, 5.41) is 3.19. The van der Waals surface area contributed by atoms with Crippen molar-refractivity contribution in [1.82, 2.24) is 15.3 Å². The van der Waals surface area contributed by atoms with E-state index >= 15 is 0 Å². The highest BCUT2D eigenvalue weighted by Crippen LogP contribution is 2.09. The van der Waals surface area contributed by atoms with E-state index in [0.717, 1.165) is 29.9 Å². The third-order valence-electron chi connectivity index (χ3n) is 2.00. The van der Waals surface area contributed by atoms with Gasteiger partial charge in [-0.15, -0.1) is 11.6 Å². The van der Waals surface area contributed by atoms with Crippen molar-refractivity contribution in [3.63, 3.8) is 0 Å². The number of aromatic nitrogens is 2. The van der Waals surface area contributed by atoms with Crippen molar-refractivity contribution in [3.8, 4) is 0 Å². The smallest absolute Gasteiger partial charge is 0.121 e. The van der Waals surface area contributed by atoms with E-state index < -0.39 is 0 Å². The highest BCUT2D eigenvalue weighted by molar-refractivity contribution is 6.18. The second-order valence-electron chi connectivity index (χ2n) is 3.07. The molecule has 0 fully saturated rings. The van der Waals surface area contributed by atoms with Gasteiger partial charge >= 0.3 is 0 Å². The van der Waals surface area contributed by atoms with Crippen molar-refractivity contribution in [2.45, 2.75) is 6.54 Å². The van der Waals surface area contributed by atoms with E-state index in [0.29, 0.717) is 5.88 Å². The number of H-pyrrole nitrogens is 1. The van der Waals surface area contributed by atoms with Gasteiger partial charge in [-0.05, 0) is 12.1 Å². The number of benzene rings is 1. The average Bonchev–Trinajstić information content (AvgIpc) is 2.60. The molecule has 0 atom stereocenters. The molecule has 0 bridgehead atoms. The largest absolute Gasteiger partial charge is 0.341 e. The fraction of sp³-hybridized carbons (Fsp3) is 0.300. The maximum atomic E-state index is 5.55. The van der Waals surface area contributed by atoms with E-state index in [2.05, 4.69) is 15.3 Å². The highest BCUT2D eigenvalue weighted by atomic mass is 35.5. The van der Waals surface area contributed by atoms with Gasteiger partial charge in [0.25, 0.3) is 0 Å². The summed E-state index contributed by atoms with van der Waals surface area (Å²) in [7, 11) is 0. The predicted molar refractivity (Wildman–Crippen MR) is 58.5 cm³/mol. The summed E-state index contributed by atoms with van der Waals surface area (Å²) in [6.45, 7) is 1.54. The quantitative estimate of drug-likeness (QED) is 0.597. The topological polar surface area (TPSA) is 40.7 Å². The molecule has 1 heterocycles. The molecule has 0 aliphatic heterocycles. The van der Waals surface area contributed by atoms with Gasteiger partial charge in [-0.1, -0.05) is 12.1 Å². The minimum Gasteiger partial charge on any atom is -0.341 e. The highest BCUT2D eigenvalue weighted by Gasteiger charge is 1.99. The number of imidazole rings is 1. The van der Waals surface area contributed by atoms with E-state index in [1.54, 1.807) is 0 Å². The van der Waals surface area contributed by atoms with Crippen LogP contribution in [0.2, 0.25) is 0 Å². The Morgan fingerprint density at radius 1 is 1.36 bits per heavy atom. The maximum absolute atomic E-state index is 5.55. The fourth-order valence-corrected chi connectivity index (χ4v) is 1.50. The molecule has 0 saturated carbocycles. The van der Waals surface area contributed by atoms with E-state index in [4.69, 9.17) is 11.6 Å². The molecule has 3 nitrogen and oxygen atoms in total. The van der Waals surface area contributed by atoms with Crippen LogP contribution in [-0.4, -0.2) is 22.4 Å². The molecule has 0 saturated heterocycles. The lowest BCUT2D eigenvalue weighted by molar-refractivity contribution is 0.703. The predicted octanol–water partition coefficient (Wildman–Crippen LogP) is 1.89. The van der Waals surface area contributed by atoms with Crippen LogP contribution in [0.5, 0.6) is 0 Å².